The maximum Gasteiger partial charge on any atom is 0.322 e. The largest absolute Gasteiger partial charge is 0.480 e. The Morgan fingerprint density at radius 1 is 1.50 bits per heavy atom. The average Bonchev–Trinajstić information content (AvgIpc) is 2.61. The lowest BCUT2D eigenvalue weighted by molar-refractivity contribution is -0.152. The summed E-state index contributed by atoms with van der Waals surface area (Å²) in [5.41, 5.74) is 0. The van der Waals surface area contributed by atoms with E-state index in [1.165, 1.54) is 28.4 Å². The third-order valence-corrected chi connectivity index (χ3v) is 8.57. The highest BCUT2D eigenvalue weighted by atomic mass is 127. The fourth-order valence-corrected chi connectivity index (χ4v) is 6.39. The molecule has 3 rings (SSSR count). The Hall–Kier alpha value is -1.45. The van der Waals surface area contributed by atoms with Gasteiger partial charge in [-0.15, -0.1) is 23.5 Å². The number of aliphatic carboxylic acids is 1. The van der Waals surface area contributed by atoms with Crippen molar-refractivity contribution in [3.05, 3.63) is 27.8 Å². The molecule has 2 aliphatic heterocycles. The highest BCUT2D eigenvalue weighted by Gasteiger charge is 2.58. The first-order valence-corrected chi connectivity index (χ1v) is 10.6. The van der Waals surface area contributed by atoms with Crippen LogP contribution < -0.4 is 5.32 Å². The van der Waals surface area contributed by atoms with E-state index >= 15 is 0 Å². The van der Waals surface area contributed by atoms with Gasteiger partial charge in [0.15, 0.2) is 0 Å². The number of carboxylic acids is 1. The number of carbonyl (C=O) groups excluding carboxylic acids is 2. The summed E-state index contributed by atoms with van der Waals surface area (Å²) in [5.74, 6) is -1.44. The molecule has 2 heterocycles. The Labute approximate surface area is 172 Å². The molecular formula is C16H14IN3O4S2. The summed E-state index contributed by atoms with van der Waals surface area (Å²) in [6.45, 7) is 0.0824. The molecule has 10 heteroatoms. The molecule has 0 aliphatic carbocycles. The van der Waals surface area contributed by atoms with Gasteiger partial charge in [0.2, 0.25) is 11.8 Å². The molecule has 26 heavy (non-hydrogen) atoms. The van der Waals surface area contributed by atoms with Crippen LogP contribution in [-0.2, 0) is 14.4 Å². The van der Waals surface area contributed by atoms with Gasteiger partial charge < -0.3 is 15.3 Å². The molecule has 3 atom stereocenters. The van der Waals surface area contributed by atoms with Gasteiger partial charge in [0, 0.05) is 20.8 Å². The summed E-state index contributed by atoms with van der Waals surface area (Å²) in [5, 5.41) is 20.7. The van der Waals surface area contributed by atoms with Gasteiger partial charge in [0.1, 0.15) is 22.6 Å². The number of hydrogen-bond acceptors (Lipinski definition) is 6. The Balaban J connectivity index is 1.75. The van der Waals surface area contributed by atoms with Crippen LogP contribution in [0.1, 0.15) is 6.42 Å². The van der Waals surface area contributed by atoms with Crippen LogP contribution in [0.5, 0.6) is 0 Å². The minimum atomic E-state index is -1.14. The van der Waals surface area contributed by atoms with Gasteiger partial charge in [-0.1, -0.05) is 12.1 Å². The maximum atomic E-state index is 12.4. The number of fused-ring (bicyclic) bond motifs is 1. The molecule has 2 N–H and O–H groups in total. The molecule has 2 saturated heterocycles. The van der Waals surface area contributed by atoms with Crippen LogP contribution in [0.4, 0.5) is 0 Å². The number of nitrogens with one attached hydrogen (secondary N) is 1. The third kappa shape index (κ3) is 3.52. The first-order valence-electron chi connectivity index (χ1n) is 7.63. The lowest BCUT2D eigenvalue weighted by Crippen LogP contribution is -2.74. The predicted molar refractivity (Wildman–Crippen MR) is 106 cm³/mol. The fraction of sp³-hybridized carbons (Fsp3) is 0.375. The van der Waals surface area contributed by atoms with E-state index in [1.807, 2.05) is 24.3 Å². The Kier molecular flexibility index (Phi) is 5.69. The second-order valence-corrected chi connectivity index (χ2v) is 9.57. The topological polar surface area (TPSA) is 111 Å². The maximum absolute atomic E-state index is 12.4. The van der Waals surface area contributed by atoms with Crippen molar-refractivity contribution in [3.63, 3.8) is 0 Å². The average molecular weight is 503 g/mol. The van der Waals surface area contributed by atoms with Crippen LogP contribution in [0.3, 0.4) is 0 Å². The lowest BCUT2D eigenvalue weighted by atomic mass is 10.0. The summed E-state index contributed by atoms with van der Waals surface area (Å²) in [6.07, 6.45) is -0.303. The molecule has 0 saturated carbocycles. The van der Waals surface area contributed by atoms with Gasteiger partial charge in [-0.25, -0.2) is 0 Å². The first kappa shape index (κ1) is 19.3. The SMILES string of the molecule is N#CCC(=O)N[C@@H]1C(=O)N2CC(Sc3ccccc3I)(C(=O)O)CS[C@H]12. The van der Waals surface area contributed by atoms with Crippen molar-refractivity contribution in [3.8, 4) is 6.07 Å². The molecule has 0 aromatic heterocycles. The minimum Gasteiger partial charge on any atom is -0.480 e. The van der Waals surface area contributed by atoms with Crippen molar-refractivity contribution >= 4 is 63.9 Å². The van der Waals surface area contributed by atoms with Crippen LogP contribution in [0.15, 0.2) is 29.2 Å². The van der Waals surface area contributed by atoms with Crippen LogP contribution in [0.2, 0.25) is 0 Å². The zero-order chi connectivity index (χ0) is 18.9. The number of nitriles is 1. The second-order valence-electron chi connectivity index (χ2n) is 5.88. The monoisotopic (exact) mass is 503 g/mol. The number of rotatable bonds is 5. The van der Waals surface area contributed by atoms with Gasteiger partial charge in [-0.05, 0) is 34.7 Å². The Bertz CT molecular complexity index is 815. The molecule has 1 unspecified atom stereocenters. The van der Waals surface area contributed by atoms with Crippen molar-refractivity contribution in [2.75, 3.05) is 12.3 Å². The molecule has 1 aromatic carbocycles. The fourth-order valence-electron chi connectivity index (χ4n) is 2.82. The Morgan fingerprint density at radius 3 is 2.88 bits per heavy atom. The van der Waals surface area contributed by atoms with Gasteiger partial charge in [-0.3, -0.25) is 14.4 Å². The minimum absolute atomic E-state index is 0.0824. The highest BCUT2D eigenvalue weighted by Crippen LogP contribution is 2.47. The summed E-state index contributed by atoms with van der Waals surface area (Å²) in [6, 6.07) is 8.58. The molecule has 2 aliphatic rings. The van der Waals surface area contributed by atoms with Crippen LogP contribution in [0, 0.1) is 14.9 Å². The van der Waals surface area contributed by atoms with Gasteiger partial charge >= 0.3 is 5.97 Å². The van der Waals surface area contributed by atoms with Crippen LogP contribution >= 0.6 is 46.1 Å². The molecule has 0 radical (unpaired) electrons. The zero-order valence-corrected chi connectivity index (χ0v) is 17.1. The number of halogens is 1. The summed E-state index contributed by atoms with van der Waals surface area (Å²) in [4.78, 5) is 38.3. The molecule has 136 valence electrons. The first-order chi connectivity index (χ1) is 12.4. The van der Waals surface area contributed by atoms with Crippen LogP contribution in [-0.4, -0.2) is 56.3 Å². The number of hydrogen-bond donors (Lipinski definition) is 2. The number of β-lactam (4-membered cyclic amide) rings is 1. The van der Waals surface area contributed by atoms with Crippen molar-refractivity contribution in [2.45, 2.75) is 27.5 Å². The van der Waals surface area contributed by atoms with Crippen molar-refractivity contribution in [2.24, 2.45) is 0 Å². The number of carbonyl (C=O) groups is 3. The van der Waals surface area contributed by atoms with E-state index < -0.39 is 22.7 Å². The van der Waals surface area contributed by atoms with E-state index in [-0.39, 0.29) is 24.2 Å². The molecule has 0 bridgehead atoms. The molecule has 1 aromatic rings. The number of benzene rings is 1. The van der Waals surface area contributed by atoms with Crippen molar-refractivity contribution in [1.82, 2.24) is 10.2 Å². The highest BCUT2D eigenvalue weighted by molar-refractivity contribution is 14.1. The summed E-state index contributed by atoms with van der Waals surface area (Å²) < 4.78 is -0.181. The van der Waals surface area contributed by atoms with E-state index in [1.54, 1.807) is 6.07 Å². The third-order valence-electron chi connectivity index (χ3n) is 4.14. The molecule has 0 spiro atoms. The predicted octanol–water partition coefficient (Wildman–Crippen LogP) is 1.52. The zero-order valence-electron chi connectivity index (χ0n) is 13.3. The van der Waals surface area contributed by atoms with Crippen LogP contribution in [0.25, 0.3) is 0 Å². The summed E-state index contributed by atoms with van der Waals surface area (Å²) in [7, 11) is 0. The van der Waals surface area contributed by atoms with E-state index in [4.69, 9.17) is 5.26 Å². The van der Waals surface area contributed by atoms with Gasteiger partial charge in [-0.2, -0.15) is 5.26 Å². The van der Waals surface area contributed by atoms with Gasteiger partial charge in [0.25, 0.3) is 0 Å². The normalized spacial score (nSPS) is 27.1. The standard InChI is InChI=1S/C16H14IN3O4S2/c17-9-3-1-2-4-10(9)26-16(15(23)24)7-20-13(22)12(14(20)25-8-16)19-11(21)5-6-18/h1-4,12,14H,5,7-8H2,(H,19,21)(H,23,24)/t12-,14-,16?/m1/s1. The smallest absolute Gasteiger partial charge is 0.322 e. The Morgan fingerprint density at radius 2 is 2.23 bits per heavy atom. The number of thioether (sulfide) groups is 2. The lowest BCUT2D eigenvalue weighted by Gasteiger charge is -2.53. The number of carboxylic acid groups (broad SMARTS) is 1. The second kappa shape index (κ2) is 7.66. The van der Waals surface area contributed by atoms with E-state index in [0.29, 0.717) is 5.75 Å². The quantitative estimate of drug-likeness (QED) is 0.463. The molecule has 2 fully saturated rings. The molecule has 2 amide bonds. The van der Waals surface area contributed by atoms with Gasteiger partial charge in [0.05, 0.1) is 6.07 Å². The number of nitrogens with zero attached hydrogens (tertiary/aromatic N) is 2. The number of amides is 2. The van der Waals surface area contributed by atoms with Crippen molar-refractivity contribution in [1.29, 1.82) is 5.26 Å². The van der Waals surface area contributed by atoms with E-state index in [2.05, 4.69) is 27.9 Å². The summed E-state index contributed by atoms with van der Waals surface area (Å²) >= 11 is 4.77. The molecular weight excluding hydrogens is 489 g/mol. The van der Waals surface area contributed by atoms with E-state index in [9.17, 15) is 19.5 Å². The molecule has 7 nitrogen and oxygen atoms in total. The van der Waals surface area contributed by atoms with E-state index in [0.717, 1.165) is 8.47 Å². The van der Waals surface area contributed by atoms with Crippen molar-refractivity contribution < 1.29 is 19.5 Å².